The first-order valence-electron chi connectivity index (χ1n) is 4.26. The molecule has 4 nitrogen and oxygen atoms in total. The van der Waals surface area contributed by atoms with Crippen LogP contribution in [-0.4, -0.2) is 17.3 Å². The lowest BCUT2D eigenvalue weighted by Gasteiger charge is -2.18. The maximum Gasteiger partial charge on any atom is 0.409 e. The molecule has 3 N–H and O–H groups in total. The average molecular weight is 187 g/mol. The Hall–Kier alpha value is -1.03. The summed E-state index contributed by atoms with van der Waals surface area (Å²) >= 11 is 0. The third kappa shape index (κ3) is 5.25. The molecule has 0 spiro atoms. The maximum absolute atomic E-state index is 10.2. The molecule has 0 aliphatic rings. The summed E-state index contributed by atoms with van der Waals surface area (Å²) in [5.74, 6) is 0.118. The number of hydrogen-bond acceptors (Lipinski definition) is 3. The number of aliphatic hydroxyl groups excluding tert-OH is 1. The van der Waals surface area contributed by atoms with Crippen LogP contribution in [0.3, 0.4) is 0 Å². The van der Waals surface area contributed by atoms with E-state index in [1.54, 1.807) is 6.08 Å². The van der Waals surface area contributed by atoms with Crippen LogP contribution < -0.4 is 5.73 Å². The van der Waals surface area contributed by atoms with Crippen molar-refractivity contribution in [1.29, 1.82) is 0 Å². The molecule has 76 valence electrons. The zero-order valence-corrected chi connectivity index (χ0v) is 8.23. The Morgan fingerprint density at radius 1 is 1.46 bits per heavy atom. The predicted octanol–water partition coefficient (Wildman–Crippen LogP) is 1.25. The molecule has 0 saturated carbocycles. The number of hydrogen-bond donors (Lipinski definition) is 2. The molecule has 0 radical (unpaired) electrons. The van der Waals surface area contributed by atoms with E-state index < -0.39 is 12.2 Å². The fourth-order valence-corrected chi connectivity index (χ4v) is 0.951. The van der Waals surface area contributed by atoms with Crippen molar-refractivity contribution in [2.24, 2.45) is 17.6 Å². The number of aliphatic hydroxyl groups is 1. The van der Waals surface area contributed by atoms with Gasteiger partial charge in [-0.05, 0) is 12.0 Å². The lowest BCUT2D eigenvalue weighted by atomic mass is 9.95. The van der Waals surface area contributed by atoms with Crippen LogP contribution in [0.5, 0.6) is 0 Å². The van der Waals surface area contributed by atoms with Gasteiger partial charge in [0.1, 0.15) is 0 Å². The highest BCUT2D eigenvalue weighted by Crippen LogP contribution is 2.13. The summed E-state index contributed by atoms with van der Waals surface area (Å²) in [6.07, 6.45) is 1.53. The van der Waals surface area contributed by atoms with E-state index >= 15 is 0 Å². The van der Waals surface area contributed by atoms with Gasteiger partial charge in [-0.1, -0.05) is 20.8 Å². The highest BCUT2D eigenvalue weighted by Gasteiger charge is 2.14. The first kappa shape index (κ1) is 12.0. The van der Waals surface area contributed by atoms with Crippen LogP contribution in [0.2, 0.25) is 0 Å². The van der Waals surface area contributed by atoms with Crippen LogP contribution in [0, 0.1) is 11.8 Å². The zero-order valence-electron chi connectivity index (χ0n) is 8.23. The molecule has 0 rings (SSSR count). The van der Waals surface area contributed by atoms with Gasteiger partial charge < -0.3 is 15.6 Å². The second-order valence-corrected chi connectivity index (χ2v) is 3.36. The van der Waals surface area contributed by atoms with Crippen LogP contribution in [0.4, 0.5) is 4.79 Å². The molecule has 0 aliphatic carbocycles. The van der Waals surface area contributed by atoms with Crippen molar-refractivity contribution in [1.82, 2.24) is 0 Å². The molecule has 4 heteroatoms. The van der Waals surface area contributed by atoms with Gasteiger partial charge in [0.15, 0.2) is 0 Å². The second-order valence-electron chi connectivity index (χ2n) is 3.36. The average Bonchev–Trinajstić information content (AvgIpc) is 2.02. The van der Waals surface area contributed by atoms with Crippen molar-refractivity contribution >= 4 is 6.09 Å². The third-order valence-corrected chi connectivity index (χ3v) is 1.79. The minimum Gasteiger partial charge on any atom is -0.419 e. The predicted molar refractivity (Wildman–Crippen MR) is 49.8 cm³/mol. The van der Waals surface area contributed by atoms with E-state index in [4.69, 9.17) is 5.73 Å². The topological polar surface area (TPSA) is 72.6 Å². The fraction of sp³-hybridized carbons (Fsp3) is 0.667. The van der Waals surface area contributed by atoms with Crippen molar-refractivity contribution in [3.05, 3.63) is 12.3 Å². The monoisotopic (exact) mass is 187 g/mol. The van der Waals surface area contributed by atoms with E-state index in [9.17, 15) is 9.90 Å². The molecular formula is C9H17NO3. The molecule has 0 saturated heterocycles. The van der Waals surface area contributed by atoms with Gasteiger partial charge in [0, 0.05) is 5.92 Å². The van der Waals surface area contributed by atoms with Crippen molar-refractivity contribution in [2.45, 2.75) is 26.9 Å². The Morgan fingerprint density at radius 2 is 2.00 bits per heavy atom. The molecule has 0 aromatic rings. The minimum absolute atomic E-state index is 0.0562. The van der Waals surface area contributed by atoms with Gasteiger partial charge in [-0.25, -0.2) is 4.79 Å². The number of amides is 1. The molecular weight excluding hydrogens is 170 g/mol. The molecule has 13 heavy (non-hydrogen) atoms. The maximum atomic E-state index is 10.2. The SMILES string of the molecule is CC(C)[C@@H](O)[C@@H](C)/C=C\OC(N)=O. The Balaban J connectivity index is 3.91. The van der Waals surface area contributed by atoms with Gasteiger partial charge in [-0.2, -0.15) is 0 Å². The molecule has 0 unspecified atom stereocenters. The van der Waals surface area contributed by atoms with Gasteiger partial charge in [0.2, 0.25) is 0 Å². The number of primary amides is 1. The summed E-state index contributed by atoms with van der Waals surface area (Å²) in [5, 5.41) is 9.54. The summed E-state index contributed by atoms with van der Waals surface area (Å²) in [7, 11) is 0. The number of carbonyl (C=O) groups excluding carboxylic acids is 1. The quantitative estimate of drug-likeness (QED) is 0.650. The number of rotatable bonds is 4. The molecule has 1 amide bonds. The van der Waals surface area contributed by atoms with Crippen molar-refractivity contribution < 1.29 is 14.6 Å². The van der Waals surface area contributed by atoms with Gasteiger partial charge >= 0.3 is 6.09 Å². The van der Waals surface area contributed by atoms with E-state index in [-0.39, 0.29) is 11.8 Å². The molecule has 0 fully saturated rings. The Labute approximate surface area is 78.4 Å². The number of nitrogens with two attached hydrogens (primary N) is 1. The van der Waals surface area contributed by atoms with E-state index in [2.05, 4.69) is 4.74 Å². The summed E-state index contributed by atoms with van der Waals surface area (Å²) in [5.41, 5.74) is 4.74. The largest absolute Gasteiger partial charge is 0.419 e. The Morgan fingerprint density at radius 3 is 2.38 bits per heavy atom. The van der Waals surface area contributed by atoms with E-state index in [0.29, 0.717) is 0 Å². The molecule has 0 heterocycles. The smallest absolute Gasteiger partial charge is 0.409 e. The highest BCUT2D eigenvalue weighted by molar-refractivity contribution is 5.65. The lowest BCUT2D eigenvalue weighted by molar-refractivity contribution is 0.0900. The fourth-order valence-electron chi connectivity index (χ4n) is 0.951. The van der Waals surface area contributed by atoms with Crippen LogP contribution >= 0.6 is 0 Å². The Bertz CT molecular complexity index is 189. The standard InChI is InChI=1S/C9H17NO3/c1-6(2)8(11)7(3)4-5-13-9(10)12/h4-8,11H,1-3H3,(H2,10,12)/b5-4-/t7-,8+/m0/s1. The summed E-state index contributed by atoms with van der Waals surface area (Å²) < 4.78 is 4.39. The van der Waals surface area contributed by atoms with Crippen molar-refractivity contribution in [2.75, 3.05) is 0 Å². The molecule has 2 atom stereocenters. The van der Waals surface area contributed by atoms with Crippen molar-refractivity contribution in [3.63, 3.8) is 0 Å². The summed E-state index contributed by atoms with van der Waals surface area (Å²) in [4.78, 5) is 10.2. The molecule has 0 aromatic heterocycles. The molecule has 0 bridgehead atoms. The molecule has 0 aromatic carbocycles. The van der Waals surface area contributed by atoms with Gasteiger partial charge in [-0.3, -0.25) is 0 Å². The summed E-state index contributed by atoms with van der Waals surface area (Å²) in [6, 6.07) is 0. The van der Waals surface area contributed by atoms with Crippen LogP contribution in [0.25, 0.3) is 0 Å². The first-order valence-corrected chi connectivity index (χ1v) is 4.26. The van der Waals surface area contributed by atoms with E-state index in [0.717, 1.165) is 0 Å². The highest BCUT2D eigenvalue weighted by atomic mass is 16.5. The van der Waals surface area contributed by atoms with E-state index in [1.165, 1.54) is 6.26 Å². The van der Waals surface area contributed by atoms with Crippen molar-refractivity contribution in [3.8, 4) is 0 Å². The van der Waals surface area contributed by atoms with Crippen LogP contribution in [0.15, 0.2) is 12.3 Å². The van der Waals surface area contributed by atoms with Gasteiger partial charge in [0.05, 0.1) is 12.4 Å². The van der Waals surface area contributed by atoms with Gasteiger partial charge in [0.25, 0.3) is 0 Å². The van der Waals surface area contributed by atoms with Crippen LogP contribution in [-0.2, 0) is 4.74 Å². The molecule has 0 aliphatic heterocycles. The normalized spacial score (nSPS) is 16.1. The lowest BCUT2D eigenvalue weighted by Crippen LogP contribution is -2.22. The van der Waals surface area contributed by atoms with Crippen LogP contribution in [0.1, 0.15) is 20.8 Å². The first-order chi connectivity index (χ1) is 5.95. The zero-order chi connectivity index (χ0) is 10.4. The number of carbonyl (C=O) groups is 1. The van der Waals surface area contributed by atoms with Gasteiger partial charge in [-0.15, -0.1) is 0 Å². The van der Waals surface area contributed by atoms with E-state index in [1.807, 2.05) is 20.8 Å². The number of ether oxygens (including phenoxy) is 1. The third-order valence-electron chi connectivity index (χ3n) is 1.79. The summed E-state index contributed by atoms with van der Waals surface area (Å²) in [6.45, 7) is 5.68. The Kier molecular flexibility index (Phi) is 5.14. The second kappa shape index (κ2) is 5.59. The minimum atomic E-state index is -0.845.